The van der Waals surface area contributed by atoms with Gasteiger partial charge in [-0.2, -0.15) is 17.7 Å². The van der Waals surface area contributed by atoms with Crippen molar-refractivity contribution in [2.75, 3.05) is 39.6 Å². The minimum atomic E-state index is -1.01. The van der Waals surface area contributed by atoms with Crippen LogP contribution >= 0.6 is 12.6 Å². The molecule has 0 radical (unpaired) electrons. The number of carboxylic acid groups (broad SMARTS) is 1. The molecule has 0 saturated carbocycles. The number of amides is 1. The summed E-state index contributed by atoms with van der Waals surface area (Å²) in [5.41, 5.74) is 2.37. The van der Waals surface area contributed by atoms with Crippen LogP contribution in [0.5, 0.6) is 0 Å². The number of carbonyl (C=O) groups is 2. The van der Waals surface area contributed by atoms with Gasteiger partial charge in [-0.05, 0) is 43.1 Å². The van der Waals surface area contributed by atoms with E-state index in [4.69, 9.17) is 14.6 Å². The lowest BCUT2D eigenvalue weighted by atomic mass is 9.97. The van der Waals surface area contributed by atoms with Gasteiger partial charge in [0, 0.05) is 20.2 Å². The number of carboxylic acids is 1. The number of nitrogens with zero attached hydrogens (tertiary/aromatic N) is 5. The molecule has 1 N–H and O–H groups in total. The molecule has 2 aliphatic heterocycles. The molecule has 2 aliphatic rings. The average molecular weight is 450 g/mol. The number of methoxy groups -OCH3 is 2. The summed E-state index contributed by atoms with van der Waals surface area (Å²) in [5, 5.41) is 17.4. The Morgan fingerprint density at radius 3 is 2.77 bits per heavy atom. The van der Waals surface area contributed by atoms with E-state index in [1.165, 1.54) is 7.11 Å². The highest BCUT2D eigenvalue weighted by molar-refractivity contribution is 7.80. The number of aromatic nitrogens is 2. The van der Waals surface area contributed by atoms with Gasteiger partial charge in [-0.1, -0.05) is 0 Å². The standard InChI is InChI=1S/C20H27N5O5S/c1-29-13-5-7-25(11-13)20(28)16-9-12(6-8-31)18(24-23-16)14-3-4-15(19(22-14)30-2)21-10-17(26)27/h9,13-14,31H,3-8,10-11H2,1-2H3,(H,26,27). The van der Waals surface area contributed by atoms with Gasteiger partial charge < -0.3 is 19.5 Å². The van der Waals surface area contributed by atoms with Crippen LogP contribution < -0.4 is 0 Å². The van der Waals surface area contributed by atoms with Crippen LogP contribution in [0.3, 0.4) is 0 Å². The molecular formula is C20H27N5O5S. The van der Waals surface area contributed by atoms with Gasteiger partial charge in [0.15, 0.2) is 5.69 Å². The molecule has 11 heteroatoms. The highest BCUT2D eigenvalue weighted by Gasteiger charge is 2.30. The van der Waals surface area contributed by atoms with E-state index in [2.05, 4.69) is 32.8 Å². The second-order valence-corrected chi connectivity index (χ2v) is 7.81. The normalized spacial score (nSPS) is 22.5. The average Bonchev–Trinajstić information content (AvgIpc) is 3.26. The van der Waals surface area contributed by atoms with E-state index in [1.54, 1.807) is 18.1 Å². The van der Waals surface area contributed by atoms with E-state index >= 15 is 0 Å². The van der Waals surface area contributed by atoms with Gasteiger partial charge in [-0.15, -0.1) is 5.10 Å². The van der Waals surface area contributed by atoms with E-state index in [9.17, 15) is 9.59 Å². The van der Waals surface area contributed by atoms with Crippen molar-refractivity contribution < 1.29 is 24.2 Å². The Labute approximate surface area is 186 Å². The van der Waals surface area contributed by atoms with Crippen LogP contribution in [-0.2, 0) is 20.7 Å². The summed E-state index contributed by atoms with van der Waals surface area (Å²) >= 11 is 4.34. The summed E-state index contributed by atoms with van der Waals surface area (Å²) in [4.78, 5) is 34.0. The molecule has 2 unspecified atom stereocenters. The summed E-state index contributed by atoms with van der Waals surface area (Å²) in [6.45, 7) is 0.846. The number of ether oxygens (including phenoxy) is 2. The van der Waals surface area contributed by atoms with Gasteiger partial charge in [-0.3, -0.25) is 14.6 Å². The second kappa shape index (κ2) is 10.7. The predicted molar refractivity (Wildman–Crippen MR) is 117 cm³/mol. The zero-order valence-electron chi connectivity index (χ0n) is 17.7. The molecule has 2 atom stereocenters. The number of hydrogen-bond acceptors (Lipinski definition) is 9. The summed E-state index contributed by atoms with van der Waals surface area (Å²) in [6.07, 6.45) is 2.57. The lowest BCUT2D eigenvalue weighted by Crippen LogP contribution is -2.31. The van der Waals surface area contributed by atoms with Crippen LogP contribution in [0.4, 0.5) is 0 Å². The van der Waals surface area contributed by atoms with Crippen molar-refractivity contribution in [3.05, 3.63) is 23.0 Å². The van der Waals surface area contributed by atoms with Crippen LogP contribution in [0, 0.1) is 0 Å². The molecule has 1 aromatic heterocycles. The number of likely N-dealkylation sites (tertiary alicyclic amines) is 1. The molecule has 1 aromatic rings. The molecule has 0 aromatic carbocycles. The van der Waals surface area contributed by atoms with Crippen LogP contribution in [-0.4, -0.2) is 89.4 Å². The van der Waals surface area contributed by atoms with Gasteiger partial charge in [-0.25, -0.2) is 4.99 Å². The van der Waals surface area contributed by atoms with Crippen molar-refractivity contribution in [2.45, 2.75) is 37.8 Å². The maximum absolute atomic E-state index is 12.9. The third-order valence-corrected chi connectivity index (χ3v) is 5.58. The molecule has 3 heterocycles. The van der Waals surface area contributed by atoms with Crippen molar-refractivity contribution in [3.8, 4) is 0 Å². The maximum Gasteiger partial charge on any atom is 0.325 e. The largest absolute Gasteiger partial charge is 0.480 e. The molecule has 31 heavy (non-hydrogen) atoms. The summed E-state index contributed by atoms with van der Waals surface area (Å²) < 4.78 is 10.7. The van der Waals surface area contributed by atoms with Crippen molar-refractivity contribution in [2.24, 2.45) is 9.98 Å². The van der Waals surface area contributed by atoms with Gasteiger partial charge >= 0.3 is 5.97 Å². The Hall–Kier alpha value is -2.53. The van der Waals surface area contributed by atoms with Crippen molar-refractivity contribution in [3.63, 3.8) is 0 Å². The fraction of sp³-hybridized carbons (Fsp3) is 0.600. The van der Waals surface area contributed by atoms with Crippen LogP contribution in [0.15, 0.2) is 16.1 Å². The van der Waals surface area contributed by atoms with Crippen LogP contribution in [0.1, 0.15) is 47.1 Å². The zero-order chi connectivity index (χ0) is 22.4. The third kappa shape index (κ3) is 5.59. The number of rotatable bonds is 7. The first kappa shape index (κ1) is 23.1. The number of thiol groups is 1. The maximum atomic E-state index is 12.9. The molecule has 1 amide bonds. The molecule has 168 valence electrons. The molecule has 1 fully saturated rings. The minimum Gasteiger partial charge on any atom is -0.480 e. The highest BCUT2D eigenvalue weighted by Crippen LogP contribution is 2.29. The SMILES string of the molecule is COC1=NC(c2nnc(C(=O)N3CCC(OC)C3)cc2CCS)CCC1=NCC(=O)O. The fourth-order valence-electron chi connectivity index (χ4n) is 3.75. The van der Waals surface area contributed by atoms with E-state index in [-0.39, 0.29) is 24.6 Å². The van der Waals surface area contributed by atoms with E-state index < -0.39 is 5.97 Å². The van der Waals surface area contributed by atoms with Crippen LogP contribution in [0.25, 0.3) is 0 Å². The number of carbonyl (C=O) groups excluding carboxylic acids is 1. The Kier molecular flexibility index (Phi) is 7.97. The van der Waals surface area contributed by atoms with Gasteiger partial charge in [0.05, 0.1) is 30.7 Å². The Morgan fingerprint density at radius 1 is 1.32 bits per heavy atom. The van der Waals surface area contributed by atoms with Gasteiger partial charge in [0.1, 0.15) is 6.54 Å². The van der Waals surface area contributed by atoms with Crippen molar-refractivity contribution in [1.29, 1.82) is 0 Å². The monoisotopic (exact) mass is 449 g/mol. The molecule has 10 nitrogen and oxygen atoms in total. The predicted octanol–water partition coefficient (Wildman–Crippen LogP) is 1.22. The van der Waals surface area contributed by atoms with Crippen molar-refractivity contribution in [1.82, 2.24) is 15.1 Å². The molecule has 3 rings (SSSR count). The Balaban J connectivity index is 1.84. The zero-order valence-corrected chi connectivity index (χ0v) is 18.5. The molecule has 0 aliphatic carbocycles. The topological polar surface area (TPSA) is 127 Å². The number of aliphatic imine (C=N–C) groups is 2. The first-order chi connectivity index (χ1) is 15.0. The molecule has 0 bridgehead atoms. The lowest BCUT2D eigenvalue weighted by molar-refractivity contribution is -0.135. The summed E-state index contributed by atoms with van der Waals surface area (Å²) in [5.74, 6) is -0.284. The van der Waals surface area contributed by atoms with Crippen LogP contribution in [0.2, 0.25) is 0 Å². The summed E-state index contributed by atoms with van der Waals surface area (Å²) in [6, 6.07) is 1.46. The summed E-state index contributed by atoms with van der Waals surface area (Å²) in [7, 11) is 3.12. The lowest BCUT2D eigenvalue weighted by Gasteiger charge is -2.22. The molecule has 1 saturated heterocycles. The fourth-order valence-corrected chi connectivity index (χ4v) is 3.99. The second-order valence-electron chi connectivity index (χ2n) is 7.36. The minimum absolute atomic E-state index is 0.0501. The molecule has 0 spiro atoms. The smallest absolute Gasteiger partial charge is 0.325 e. The first-order valence-electron chi connectivity index (χ1n) is 10.1. The van der Waals surface area contributed by atoms with E-state index in [0.717, 1.165) is 12.0 Å². The number of aryl methyl sites for hydroxylation is 1. The Morgan fingerprint density at radius 2 is 2.13 bits per heavy atom. The highest BCUT2D eigenvalue weighted by atomic mass is 32.1. The van der Waals surface area contributed by atoms with Crippen molar-refractivity contribution >= 4 is 36.1 Å². The Bertz CT molecular complexity index is 891. The first-order valence-corrected chi connectivity index (χ1v) is 10.8. The number of hydrogen-bond donors (Lipinski definition) is 2. The van der Waals surface area contributed by atoms with E-state index in [1.807, 2.05) is 0 Å². The third-order valence-electron chi connectivity index (χ3n) is 5.36. The quantitative estimate of drug-likeness (QED) is 0.599. The van der Waals surface area contributed by atoms with Gasteiger partial charge in [0.25, 0.3) is 5.91 Å². The molecular weight excluding hydrogens is 422 g/mol. The van der Waals surface area contributed by atoms with Gasteiger partial charge in [0.2, 0.25) is 5.90 Å². The number of aliphatic carboxylic acids is 1. The van der Waals surface area contributed by atoms with E-state index in [0.29, 0.717) is 61.1 Å².